The molecule has 1 aromatic heterocycles. The van der Waals surface area contributed by atoms with Crippen LogP contribution in [0.1, 0.15) is 22.9 Å². The summed E-state index contributed by atoms with van der Waals surface area (Å²) < 4.78 is 9.04. The number of nitrogens with zero attached hydrogens (tertiary/aromatic N) is 1. The highest BCUT2D eigenvalue weighted by Gasteiger charge is 2.20. The predicted octanol–water partition coefficient (Wildman–Crippen LogP) is 3.67. The van der Waals surface area contributed by atoms with Gasteiger partial charge in [0.15, 0.2) is 5.06 Å². The highest BCUT2D eigenvalue weighted by atomic mass is 35.5. The van der Waals surface area contributed by atoms with Crippen molar-refractivity contribution in [3.63, 3.8) is 0 Å². The summed E-state index contributed by atoms with van der Waals surface area (Å²) in [5.41, 5.74) is 2.41. The van der Waals surface area contributed by atoms with Crippen molar-refractivity contribution in [2.75, 3.05) is 13.7 Å². The van der Waals surface area contributed by atoms with Crippen LogP contribution >= 0.6 is 22.9 Å². The first kappa shape index (κ1) is 19.4. The Labute approximate surface area is 156 Å². The van der Waals surface area contributed by atoms with Crippen LogP contribution in [0.5, 0.6) is 5.06 Å². The number of rotatable bonds is 4. The van der Waals surface area contributed by atoms with Crippen LogP contribution in [0.15, 0.2) is 30.3 Å². The molecular weight excluding hydrogens is 362 g/mol. The van der Waals surface area contributed by atoms with E-state index in [9.17, 15) is 4.79 Å². The second-order valence-electron chi connectivity index (χ2n) is 5.49. The molecule has 0 spiro atoms. The van der Waals surface area contributed by atoms with Gasteiger partial charge in [0.05, 0.1) is 7.11 Å². The summed E-state index contributed by atoms with van der Waals surface area (Å²) in [4.78, 5) is 23.7. The van der Waals surface area contributed by atoms with E-state index in [4.69, 9.17) is 21.1 Å². The second kappa shape index (κ2) is 9.56. The van der Waals surface area contributed by atoms with Gasteiger partial charge in [0, 0.05) is 36.5 Å². The molecule has 2 aromatic rings. The molecule has 1 aromatic carbocycles. The molecule has 0 saturated heterocycles. The van der Waals surface area contributed by atoms with Crippen molar-refractivity contribution in [1.82, 2.24) is 4.90 Å². The molecule has 1 aliphatic rings. The van der Waals surface area contributed by atoms with Gasteiger partial charge in [-0.3, -0.25) is 14.5 Å². The minimum absolute atomic E-state index is 0.262. The predicted molar refractivity (Wildman–Crippen MR) is 98.0 cm³/mol. The van der Waals surface area contributed by atoms with Crippen molar-refractivity contribution >= 4 is 35.4 Å². The van der Waals surface area contributed by atoms with Gasteiger partial charge in [0.2, 0.25) is 0 Å². The molecule has 0 saturated carbocycles. The highest BCUT2D eigenvalue weighted by Crippen LogP contribution is 2.34. The minimum atomic E-state index is -0.262. The Morgan fingerprint density at radius 2 is 2.12 bits per heavy atom. The van der Waals surface area contributed by atoms with Crippen molar-refractivity contribution in [1.29, 1.82) is 0 Å². The van der Waals surface area contributed by atoms with Crippen LogP contribution in [0.3, 0.4) is 0 Å². The highest BCUT2D eigenvalue weighted by molar-refractivity contribution is 7.14. The van der Waals surface area contributed by atoms with Crippen LogP contribution in [0.2, 0.25) is 5.02 Å². The molecule has 0 N–H and O–H groups in total. The summed E-state index contributed by atoms with van der Waals surface area (Å²) >= 11 is 7.80. The third kappa shape index (κ3) is 5.85. The van der Waals surface area contributed by atoms with E-state index in [1.807, 2.05) is 24.3 Å². The van der Waals surface area contributed by atoms with Gasteiger partial charge in [0.1, 0.15) is 0 Å². The van der Waals surface area contributed by atoms with Crippen molar-refractivity contribution < 1.29 is 19.1 Å². The van der Waals surface area contributed by atoms with E-state index in [-0.39, 0.29) is 5.97 Å². The second-order valence-corrected chi connectivity index (χ2v) is 7.00. The van der Waals surface area contributed by atoms with Gasteiger partial charge in [0.25, 0.3) is 6.47 Å². The minimum Gasteiger partial charge on any atom is -0.471 e. The maximum absolute atomic E-state index is 11.0. The number of thiophene rings is 1. The van der Waals surface area contributed by atoms with Gasteiger partial charge in [-0.1, -0.05) is 29.8 Å². The van der Waals surface area contributed by atoms with Crippen molar-refractivity contribution in [3.05, 3.63) is 51.4 Å². The first-order chi connectivity index (χ1) is 12.0. The number of halogens is 1. The number of fused-ring (bicyclic) bond motifs is 1. The molecule has 1 aliphatic heterocycles. The lowest BCUT2D eigenvalue weighted by molar-refractivity contribution is -0.131. The number of esters is 1. The molecule has 25 heavy (non-hydrogen) atoms. The van der Waals surface area contributed by atoms with E-state index < -0.39 is 0 Å². The van der Waals surface area contributed by atoms with E-state index in [1.54, 1.807) is 11.3 Å². The fourth-order valence-corrected chi connectivity index (χ4v) is 3.81. The molecule has 134 valence electrons. The average Bonchev–Trinajstić information content (AvgIpc) is 2.98. The van der Waals surface area contributed by atoms with Crippen LogP contribution in [0.25, 0.3) is 0 Å². The number of ether oxygens (including phenoxy) is 2. The molecule has 5 nitrogen and oxygen atoms in total. The molecule has 2 heterocycles. The smallest absolute Gasteiger partial charge is 0.308 e. The zero-order valence-corrected chi connectivity index (χ0v) is 15.7. The van der Waals surface area contributed by atoms with Gasteiger partial charge in [-0.25, -0.2) is 0 Å². The third-order valence-corrected chi connectivity index (χ3v) is 5.10. The fraction of sp³-hybridized carbons (Fsp3) is 0.333. The summed E-state index contributed by atoms with van der Waals surface area (Å²) in [6, 6.07) is 9.94. The first-order valence-electron chi connectivity index (χ1n) is 7.75. The van der Waals surface area contributed by atoms with E-state index in [0.717, 1.165) is 36.6 Å². The van der Waals surface area contributed by atoms with Crippen LogP contribution in [0, 0.1) is 0 Å². The Kier molecular flexibility index (Phi) is 7.43. The monoisotopic (exact) mass is 381 g/mol. The lowest BCUT2D eigenvalue weighted by Gasteiger charge is -2.26. The number of methoxy groups -OCH3 is 1. The SMILES string of the molecule is CC(=O)Oc1cc2c(s1)CCN(Cc1ccccc1Cl)C2.COC=O. The standard InChI is InChI=1S/C16H16ClNO2S.C2H4O2/c1-11(19)20-16-8-13-10-18(7-6-15(13)21-16)9-12-4-2-3-5-14(12)17;1-4-2-3/h2-5,8H,6-7,9-10H2,1H3;2H,1H3. The molecule has 0 atom stereocenters. The van der Waals surface area contributed by atoms with E-state index >= 15 is 0 Å². The van der Waals surface area contributed by atoms with Gasteiger partial charge >= 0.3 is 5.97 Å². The number of carbonyl (C=O) groups is 2. The first-order valence-corrected chi connectivity index (χ1v) is 8.95. The third-order valence-electron chi connectivity index (χ3n) is 3.62. The number of hydrogen-bond donors (Lipinski definition) is 0. The maximum atomic E-state index is 11.0. The van der Waals surface area contributed by atoms with Crippen molar-refractivity contribution in [2.45, 2.75) is 26.4 Å². The lowest BCUT2D eigenvalue weighted by Crippen LogP contribution is -2.29. The Hall–Kier alpha value is -1.89. The largest absolute Gasteiger partial charge is 0.471 e. The molecule has 0 bridgehead atoms. The van der Waals surface area contributed by atoms with E-state index in [1.165, 1.54) is 24.5 Å². The van der Waals surface area contributed by atoms with Crippen molar-refractivity contribution in [3.8, 4) is 5.06 Å². The van der Waals surface area contributed by atoms with Crippen molar-refractivity contribution in [2.24, 2.45) is 0 Å². The Bertz CT molecular complexity index is 732. The molecule has 0 fully saturated rings. The van der Waals surface area contributed by atoms with Crippen LogP contribution in [0.4, 0.5) is 0 Å². The maximum Gasteiger partial charge on any atom is 0.308 e. The Balaban J connectivity index is 0.000000511. The summed E-state index contributed by atoms with van der Waals surface area (Å²) in [5, 5.41) is 1.52. The summed E-state index contributed by atoms with van der Waals surface area (Å²) in [6.45, 7) is 4.52. The number of hydrogen-bond acceptors (Lipinski definition) is 6. The zero-order chi connectivity index (χ0) is 18.2. The van der Waals surface area contributed by atoms with Gasteiger partial charge < -0.3 is 9.47 Å². The average molecular weight is 382 g/mol. The van der Waals surface area contributed by atoms with E-state index in [2.05, 4.69) is 15.7 Å². The summed E-state index contributed by atoms with van der Waals surface area (Å²) in [7, 11) is 1.31. The fourth-order valence-electron chi connectivity index (χ4n) is 2.56. The quantitative estimate of drug-likeness (QED) is 0.597. The van der Waals surface area contributed by atoms with Crippen LogP contribution < -0.4 is 4.74 Å². The number of carbonyl (C=O) groups excluding carboxylic acids is 2. The molecule has 0 aliphatic carbocycles. The molecule has 7 heteroatoms. The lowest BCUT2D eigenvalue weighted by atomic mass is 10.1. The van der Waals surface area contributed by atoms with E-state index in [0.29, 0.717) is 11.5 Å². The van der Waals surface area contributed by atoms with Gasteiger partial charge in [-0.05, 0) is 29.7 Å². The van der Waals surface area contributed by atoms with Crippen LogP contribution in [-0.4, -0.2) is 31.0 Å². The topological polar surface area (TPSA) is 55.8 Å². The van der Waals surface area contributed by atoms with Crippen LogP contribution in [-0.2, 0) is 33.8 Å². The molecular formula is C18H20ClNO4S. The van der Waals surface area contributed by atoms with Gasteiger partial charge in [-0.2, -0.15) is 0 Å². The Morgan fingerprint density at radius 1 is 1.40 bits per heavy atom. The number of benzene rings is 1. The normalized spacial score (nSPS) is 13.2. The zero-order valence-electron chi connectivity index (χ0n) is 14.2. The molecule has 3 rings (SSSR count). The molecule has 0 amide bonds. The van der Waals surface area contributed by atoms with Gasteiger partial charge in [-0.15, -0.1) is 11.3 Å². The summed E-state index contributed by atoms with van der Waals surface area (Å²) in [5.74, 6) is -0.262. The summed E-state index contributed by atoms with van der Waals surface area (Å²) in [6.07, 6.45) is 0.992. The Morgan fingerprint density at radius 3 is 2.76 bits per heavy atom. The molecule has 0 unspecified atom stereocenters. The molecule has 0 radical (unpaired) electrons.